The Morgan fingerprint density at radius 1 is 1.44 bits per heavy atom. The topological polar surface area (TPSA) is 46.0 Å². The van der Waals surface area contributed by atoms with Gasteiger partial charge >= 0.3 is 0 Å². The molecule has 0 saturated heterocycles. The molecule has 0 aliphatic carbocycles. The number of nitrogens with one attached hydrogen (secondary N) is 1. The van der Waals surface area contributed by atoms with E-state index >= 15 is 0 Å². The summed E-state index contributed by atoms with van der Waals surface area (Å²) in [6.07, 6.45) is -1.25. The van der Waals surface area contributed by atoms with Gasteiger partial charge in [0.1, 0.15) is 0 Å². The lowest BCUT2D eigenvalue weighted by Crippen LogP contribution is -1.99. The molecule has 1 aromatic heterocycles. The van der Waals surface area contributed by atoms with Crippen LogP contribution in [0.1, 0.15) is 23.4 Å². The molecule has 0 radical (unpaired) electrons. The van der Waals surface area contributed by atoms with Gasteiger partial charge in [-0.2, -0.15) is 14.9 Å². The van der Waals surface area contributed by atoms with Crippen molar-refractivity contribution < 1.29 is 8.78 Å². The summed E-state index contributed by atoms with van der Waals surface area (Å²) in [5, 5.41) is 9.66. The average molecular weight is 268 g/mol. The number of benzene rings is 1. The van der Waals surface area contributed by atoms with Crippen LogP contribution in [0.15, 0.2) is 29.4 Å². The van der Waals surface area contributed by atoms with Gasteiger partial charge in [0.2, 0.25) is 10.6 Å². The number of aromatic amines is 1. The van der Waals surface area contributed by atoms with Crippen molar-refractivity contribution in [1.82, 2.24) is 14.9 Å². The van der Waals surface area contributed by atoms with Gasteiger partial charge in [0, 0.05) is 0 Å². The molecule has 2 aromatic rings. The summed E-state index contributed by atoms with van der Waals surface area (Å²) in [6, 6.07) is 7.48. The van der Waals surface area contributed by atoms with Crippen LogP contribution in [-0.4, -0.2) is 21.1 Å². The predicted molar refractivity (Wildman–Crippen MR) is 66.5 cm³/mol. The fraction of sp³-hybridized carbons (Fsp3) is 0.182. The lowest BCUT2D eigenvalue weighted by atomic mass is 10.1. The highest BCUT2D eigenvalue weighted by molar-refractivity contribution is 7.71. The van der Waals surface area contributed by atoms with Gasteiger partial charge in [-0.05, 0) is 30.3 Å². The number of hydrogen-bond donors (Lipinski definition) is 1. The number of aromatic nitrogens is 3. The van der Waals surface area contributed by atoms with Gasteiger partial charge in [-0.25, -0.2) is 13.9 Å². The average Bonchev–Trinajstić information content (AvgIpc) is 2.70. The van der Waals surface area contributed by atoms with Crippen LogP contribution in [0, 0.1) is 11.7 Å². The minimum Gasteiger partial charge on any atom is -0.250 e. The third kappa shape index (κ3) is 2.51. The van der Waals surface area contributed by atoms with Crippen molar-refractivity contribution in [3.63, 3.8) is 0 Å². The molecule has 0 spiro atoms. The second kappa shape index (κ2) is 5.18. The number of hydrogen-bond acceptors (Lipinski definition) is 3. The Hall–Kier alpha value is -1.89. The standard InChI is InChI=1S/C11H10F2N4S/c1-7-4-2-3-5-8(7)6-14-17-10(9(12)13)15-16-11(17)18/h2-6,9H,1H3,(H,16,18). The summed E-state index contributed by atoms with van der Waals surface area (Å²) in [6.45, 7) is 1.91. The molecular formula is C11H10F2N4S. The van der Waals surface area contributed by atoms with E-state index < -0.39 is 12.2 Å². The molecule has 0 fully saturated rings. The molecule has 2 rings (SSSR count). The van der Waals surface area contributed by atoms with Crippen LogP contribution in [-0.2, 0) is 0 Å². The minimum absolute atomic E-state index is 0.0372. The number of alkyl halides is 2. The first-order chi connectivity index (χ1) is 8.59. The molecule has 18 heavy (non-hydrogen) atoms. The summed E-state index contributed by atoms with van der Waals surface area (Å²) < 4.78 is 26.2. The zero-order chi connectivity index (χ0) is 13.1. The molecule has 0 saturated carbocycles. The lowest BCUT2D eigenvalue weighted by Gasteiger charge is -2.00. The van der Waals surface area contributed by atoms with Crippen molar-refractivity contribution in [2.75, 3.05) is 0 Å². The van der Waals surface area contributed by atoms with Crippen molar-refractivity contribution >= 4 is 18.4 Å². The largest absolute Gasteiger partial charge is 0.299 e. The summed E-state index contributed by atoms with van der Waals surface area (Å²) >= 11 is 4.84. The van der Waals surface area contributed by atoms with E-state index in [2.05, 4.69) is 15.3 Å². The maximum atomic E-state index is 12.6. The summed E-state index contributed by atoms with van der Waals surface area (Å²) in [4.78, 5) is 0. The normalized spacial score (nSPS) is 11.6. The molecular weight excluding hydrogens is 258 g/mol. The second-order valence-corrected chi connectivity index (χ2v) is 3.99. The van der Waals surface area contributed by atoms with E-state index in [0.717, 1.165) is 15.8 Å². The molecule has 0 aliphatic rings. The third-order valence-electron chi connectivity index (χ3n) is 2.37. The number of rotatable bonds is 3. The van der Waals surface area contributed by atoms with Gasteiger partial charge < -0.3 is 0 Å². The molecule has 1 aromatic carbocycles. The van der Waals surface area contributed by atoms with E-state index in [4.69, 9.17) is 12.2 Å². The Labute approximate surface area is 107 Å². The fourth-order valence-electron chi connectivity index (χ4n) is 1.41. The molecule has 7 heteroatoms. The first-order valence-electron chi connectivity index (χ1n) is 5.15. The van der Waals surface area contributed by atoms with Gasteiger partial charge in [-0.15, -0.1) is 0 Å². The van der Waals surface area contributed by atoms with Crippen LogP contribution in [0.25, 0.3) is 0 Å². The first-order valence-corrected chi connectivity index (χ1v) is 5.56. The molecule has 94 valence electrons. The monoisotopic (exact) mass is 268 g/mol. The third-order valence-corrected chi connectivity index (χ3v) is 2.64. The van der Waals surface area contributed by atoms with Crippen LogP contribution in [0.2, 0.25) is 0 Å². The van der Waals surface area contributed by atoms with E-state index in [1.54, 1.807) is 0 Å². The van der Waals surface area contributed by atoms with Gasteiger partial charge in [-0.3, -0.25) is 0 Å². The maximum absolute atomic E-state index is 12.6. The molecule has 0 bridgehead atoms. The number of H-pyrrole nitrogens is 1. The number of aryl methyl sites for hydroxylation is 1. The Bertz CT molecular complexity index is 630. The Morgan fingerprint density at radius 2 is 2.17 bits per heavy atom. The van der Waals surface area contributed by atoms with E-state index in [-0.39, 0.29) is 4.77 Å². The Morgan fingerprint density at radius 3 is 2.83 bits per heavy atom. The van der Waals surface area contributed by atoms with E-state index in [9.17, 15) is 8.78 Å². The van der Waals surface area contributed by atoms with Crippen molar-refractivity contribution in [3.8, 4) is 0 Å². The molecule has 0 aliphatic heterocycles. The van der Waals surface area contributed by atoms with E-state index in [1.165, 1.54) is 6.21 Å². The van der Waals surface area contributed by atoms with Gasteiger partial charge in [0.25, 0.3) is 6.43 Å². The van der Waals surface area contributed by atoms with Crippen LogP contribution in [0.3, 0.4) is 0 Å². The highest BCUT2D eigenvalue weighted by Gasteiger charge is 2.15. The summed E-state index contributed by atoms with van der Waals surface area (Å²) in [5.74, 6) is -0.496. The quantitative estimate of drug-likeness (QED) is 0.687. The van der Waals surface area contributed by atoms with Crippen LogP contribution >= 0.6 is 12.2 Å². The van der Waals surface area contributed by atoms with Gasteiger partial charge in [0.05, 0.1) is 6.21 Å². The Kier molecular flexibility index (Phi) is 3.61. The van der Waals surface area contributed by atoms with E-state index in [0.29, 0.717) is 0 Å². The predicted octanol–water partition coefficient (Wildman–Crippen LogP) is 3.07. The van der Waals surface area contributed by atoms with Crippen molar-refractivity contribution in [2.24, 2.45) is 5.10 Å². The SMILES string of the molecule is Cc1ccccc1C=Nn1c(C(F)F)n[nH]c1=S. The number of halogens is 2. The lowest BCUT2D eigenvalue weighted by molar-refractivity contribution is 0.136. The molecule has 0 amide bonds. The molecule has 4 nitrogen and oxygen atoms in total. The molecule has 0 unspecified atom stereocenters. The highest BCUT2D eigenvalue weighted by atomic mass is 32.1. The van der Waals surface area contributed by atoms with Crippen LogP contribution in [0.5, 0.6) is 0 Å². The Balaban J connectivity index is 2.38. The maximum Gasteiger partial charge on any atom is 0.299 e. The van der Waals surface area contributed by atoms with E-state index in [1.807, 2.05) is 31.2 Å². The first kappa shape index (κ1) is 12.6. The van der Waals surface area contributed by atoms with Gasteiger partial charge in [0.15, 0.2) is 0 Å². The summed E-state index contributed by atoms with van der Waals surface area (Å²) in [5.41, 5.74) is 1.83. The zero-order valence-electron chi connectivity index (χ0n) is 9.47. The van der Waals surface area contributed by atoms with Crippen molar-refractivity contribution in [1.29, 1.82) is 0 Å². The molecule has 0 atom stereocenters. The van der Waals surface area contributed by atoms with Gasteiger partial charge in [-0.1, -0.05) is 24.3 Å². The zero-order valence-corrected chi connectivity index (χ0v) is 10.3. The highest BCUT2D eigenvalue weighted by Crippen LogP contribution is 2.16. The second-order valence-electron chi connectivity index (χ2n) is 3.60. The minimum atomic E-state index is -2.73. The molecule has 1 N–H and O–H groups in total. The molecule has 1 heterocycles. The smallest absolute Gasteiger partial charge is 0.250 e. The summed E-state index contributed by atoms with van der Waals surface area (Å²) in [7, 11) is 0. The fourth-order valence-corrected chi connectivity index (χ4v) is 1.59. The number of nitrogens with zero attached hydrogens (tertiary/aromatic N) is 3. The van der Waals surface area contributed by atoms with Crippen molar-refractivity contribution in [3.05, 3.63) is 46.0 Å². The van der Waals surface area contributed by atoms with Crippen molar-refractivity contribution in [2.45, 2.75) is 13.3 Å². The van der Waals surface area contributed by atoms with Crippen LogP contribution < -0.4 is 0 Å². The van der Waals surface area contributed by atoms with Crippen LogP contribution in [0.4, 0.5) is 8.78 Å².